The normalized spacial score (nSPS) is 21.3. The monoisotopic (exact) mass is 433 g/mol. The fourth-order valence-corrected chi connectivity index (χ4v) is 3.90. The van der Waals surface area contributed by atoms with Crippen LogP contribution in [0, 0.1) is 5.82 Å². The molecule has 1 aromatic heterocycles. The Morgan fingerprint density at radius 1 is 1.26 bits per heavy atom. The van der Waals surface area contributed by atoms with Gasteiger partial charge in [0, 0.05) is 18.2 Å². The SMILES string of the molecule is CC(C)OC(=O)N1CC[C@H](N(C(=O)c2ccc(-n3cncn3)c(F)c2)C2CC2)[C@H](F)C1. The molecule has 2 atom stereocenters. The number of likely N-dealkylation sites (tertiary alicyclic amines) is 1. The first kappa shape index (κ1) is 21.2. The molecule has 1 saturated carbocycles. The highest BCUT2D eigenvalue weighted by Gasteiger charge is 2.44. The highest BCUT2D eigenvalue weighted by molar-refractivity contribution is 5.95. The van der Waals surface area contributed by atoms with Crippen LogP contribution in [0.15, 0.2) is 30.9 Å². The second-order valence-electron chi connectivity index (χ2n) is 8.20. The van der Waals surface area contributed by atoms with Crippen molar-refractivity contribution in [2.24, 2.45) is 0 Å². The Balaban J connectivity index is 1.50. The molecular weight excluding hydrogens is 408 g/mol. The molecule has 1 aromatic carbocycles. The van der Waals surface area contributed by atoms with Gasteiger partial charge in [0.1, 0.15) is 30.3 Å². The number of aromatic nitrogens is 3. The first-order chi connectivity index (χ1) is 14.8. The van der Waals surface area contributed by atoms with Crippen LogP contribution in [0.25, 0.3) is 5.69 Å². The van der Waals surface area contributed by atoms with Crippen LogP contribution < -0.4 is 0 Å². The van der Waals surface area contributed by atoms with E-state index in [4.69, 9.17) is 4.74 Å². The van der Waals surface area contributed by atoms with E-state index in [2.05, 4.69) is 10.1 Å². The number of rotatable bonds is 5. The number of alkyl halides is 1. The molecule has 31 heavy (non-hydrogen) atoms. The van der Waals surface area contributed by atoms with Crippen molar-refractivity contribution >= 4 is 12.0 Å². The fourth-order valence-electron chi connectivity index (χ4n) is 3.90. The zero-order chi connectivity index (χ0) is 22.1. The number of ether oxygens (including phenoxy) is 1. The zero-order valence-electron chi connectivity index (χ0n) is 17.4. The molecule has 0 unspecified atom stereocenters. The number of nitrogens with zero attached hydrogens (tertiary/aromatic N) is 5. The van der Waals surface area contributed by atoms with Crippen LogP contribution in [0.2, 0.25) is 0 Å². The third-order valence-electron chi connectivity index (χ3n) is 5.49. The maximum atomic E-state index is 15.1. The van der Waals surface area contributed by atoms with Gasteiger partial charge in [0.2, 0.25) is 0 Å². The van der Waals surface area contributed by atoms with E-state index >= 15 is 4.39 Å². The second kappa shape index (κ2) is 8.60. The summed E-state index contributed by atoms with van der Waals surface area (Å²) in [4.78, 5) is 32.0. The number of piperidine rings is 1. The summed E-state index contributed by atoms with van der Waals surface area (Å²) in [5.74, 6) is -1.02. The van der Waals surface area contributed by atoms with E-state index in [1.165, 1.54) is 34.4 Å². The predicted octanol–water partition coefficient (Wildman–Crippen LogP) is 2.97. The molecule has 2 aromatic rings. The average molecular weight is 433 g/mol. The molecule has 2 aliphatic rings. The summed E-state index contributed by atoms with van der Waals surface area (Å²) in [6.45, 7) is 3.63. The quantitative estimate of drug-likeness (QED) is 0.724. The standard InChI is InChI=1S/C21H25F2N5O3/c1-13(2)31-21(30)26-8-7-19(17(23)10-26)28(15-4-5-15)20(29)14-3-6-18(16(22)9-14)27-12-24-11-25-27/h3,6,9,11-13,15,17,19H,4-5,7-8,10H2,1-2H3/t17-,19+/m1/s1. The first-order valence-corrected chi connectivity index (χ1v) is 10.4. The molecule has 0 bridgehead atoms. The maximum Gasteiger partial charge on any atom is 0.410 e. The molecule has 10 heteroatoms. The van der Waals surface area contributed by atoms with Crippen LogP contribution in [0.3, 0.4) is 0 Å². The third kappa shape index (κ3) is 4.52. The van der Waals surface area contributed by atoms with Gasteiger partial charge in [0.25, 0.3) is 5.91 Å². The van der Waals surface area contributed by atoms with Crippen LogP contribution in [-0.2, 0) is 4.74 Å². The predicted molar refractivity (Wildman–Crippen MR) is 107 cm³/mol. The highest BCUT2D eigenvalue weighted by Crippen LogP contribution is 2.34. The van der Waals surface area contributed by atoms with Crippen molar-refractivity contribution in [2.45, 2.75) is 57.5 Å². The lowest BCUT2D eigenvalue weighted by Gasteiger charge is -2.40. The highest BCUT2D eigenvalue weighted by atomic mass is 19.1. The molecule has 2 fully saturated rings. The molecule has 1 aliphatic heterocycles. The Hall–Kier alpha value is -3.04. The van der Waals surface area contributed by atoms with E-state index in [0.717, 1.165) is 18.9 Å². The summed E-state index contributed by atoms with van der Waals surface area (Å²) in [6, 6.07) is 3.39. The van der Waals surface area contributed by atoms with Crippen molar-refractivity contribution in [2.75, 3.05) is 13.1 Å². The molecule has 0 spiro atoms. The van der Waals surface area contributed by atoms with Gasteiger partial charge in [-0.3, -0.25) is 4.79 Å². The average Bonchev–Trinajstić information content (AvgIpc) is 3.41. The largest absolute Gasteiger partial charge is 0.447 e. The van der Waals surface area contributed by atoms with Crippen LogP contribution in [0.1, 0.15) is 43.5 Å². The number of hydrogen-bond acceptors (Lipinski definition) is 5. The Morgan fingerprint density at radius 2 is 2.03 bits per heavy atom. The van der Waals surface area contributed by atoms with Crippen molar-refractivity contribution in [3.8, 4) is 5.69 Å². The smallest absolute Gasteiger partial charge is 0.410 e. The molecule has 0 N–H and O–H groups in total. The summed E-state index contributed by atoms with van der Waals surface area (Å²) < 4.78 is 36.2. The van der Waals surface area contributed by atoms with Crippen LogP contribution in [0.4, 0.5) is 13.6 Å². The van der Waals surface area contributed by atoms with Crippen molar-refractivity contribution < 1.29 is 23.1 Å². The topological polar surface area (TPSA) is 80.6 Å². The molecule has 1 aliphatic carbocycles. The van der Waals surface area contributed by atoms with Gasteiger partial charge in [-0.1, -0.05) is 0 Å². The summed E-state index contributed by atoms with van der Waals surface area (Å²) in [7, 11) is 0. The maximum absolute atomic E-state index is 15.1. The number of carbonyl (C=O) groups excluding carboxylic acids is 2. The van der Waals surface area contributed by atoms with Gasteiger partial charge >= 0.3 is 6.09 Å². The third-order valence-corrected chi connectivity index (χ3v) is 5.49. The van der Waals surface area contributed by atoms with Crippen molar-refractivity contribution in [1.29, 1.82) is 0 Å². The lowest BCUT2D eigenvalue weighted by molar-refractivity contribution is 0.0153. The Bertz CT molecular complexity index is 948. The van der Waals surface area contributed by atoms with Gasteiger partial charge in [-0.05, 0) is 51.3 Å². The van der Waals surface area contributed by atoms with Crippen LogP contribution >= 0.6 is 0 Å². The minimum Gasteiger partial charge on any atom is -0.447 e. The summed E-state index contributed by atoms with van der Waals surface area (Å²) in [6.07, 6.45) is 2.28. The molecule has 0 radical (unpaired) electrons. The molecule has 8 nitrogen and oxygen atoms in total. The number of hydrogen-bond donors (Lipinski definition) is 0. The minimum absolute atomic E-state index is 0.0667. The molecule has 1 saturated heterocycles. The minimum atomic E-state index is -1.41. The lowest BCUT2D eigenvalue weighted by Crippen LogP contribution is -2.56. The second-order valence-corrected chi connectivity index (χ2v) is 8.20. The van der Waals surface area contributed by atoms with Crippen molar-refractivity contribution in [3.05, 3.63) is 42.2 Å². The Morgan fingerprint density at radius 3 is 2.61 bits per heavy atom. The van der Waals surface area contributed by atoms with E-state index in [1.54, 1.807) is 18.7 Å². The lowest BCUT2D eigenvalue weighted by atomic mass is 9.99. The van der Waals surface area contributed by atoms with E-state index < -0.39 is 30.0 Å². The Kier molecular flexibility index (Phi) is 5.88. The van der Waals surface area contributed by atoms with E-state index in [1.807, 2.05) is 0 Å². The van der Waals surface area contributed by atoms with Gasteiger partial charge in [0.15, 0.2) is 0 Å². The van der Waals surface area contributed by atoms with Crippen molar-refractivity contribution in [1.82, 2.24) is 24.6 Å². The molecular formula is C21H25F2N5O3. The van der Waals surface area contributed by atoms with E-state index in [-0.39, 0.29) is 29.9 Å². The molecule has 4 rings (SSSR count). The van der Waals surface area contributed by atoms with Gasteiger partial charge < -0.3 is 14.5 Å². The van der Waals surface area contributed by atoms with E-state index in [9.17, 15) is 14.0 Å². The van der Waals surface area contributed by atoms with Gasteiger partial charge in [0.05, 0.1) is 18.7 Å². The first-order valence-electron chi connectivity index (χ1n) is 10.4. The zero-order valence-corrected chi connectivity index (χ0v) is 17.4. The van der Waals surface area contributed by atoms with Crippen LogP contribution in [0.5, 0.6) is 0 Å². The van der Waals surface area contributed by atoms with Gasteiger partial charge in [-0.2, -0.15) is 5.10 Å². The summed E-state index contributed by atoms with van der Waals surface area (Å²) >= 11 is 0. The van der Waals surface area contributed by atoms with E-state index in [0.29, 0.717) is 13.0 Å². The number of benzene rings is 1. The van der Waals surface area contributed by atoms with Gasteiger partial charge in [-0.15, -0.1) is 0 Å². The number of amides is 2. The Labute approximate surface area is 178 Å². The molecule has 2 amide bonds. The number of carbonyl (C=O) groups is 2. The van der Waals surface area contributed by atoms with Crippen LogP contribution in [-0.4, -0.2) is 74.0 Å². The van der Waals surface area contributed by atoms with Crippen molar-refractivity contribution in [3.63, 3.8) is 0 Å². The van der Waals surface area contributed by atoms with Gasteiger partial charge in [-0.25, -0.2) is 23.2 Å². The molecule has 2 heterocycles. The molecule has 166 valence electrons. The summed E-state index contributed by atoms with van der Waals surface area (Å²) in [5.41, 5.74) is 0.328. The number of halogens is 2. The fraction of sp³-hybridized carbons (Fsp3) is 0.524. The summed E-state index contributed by atoms with van der Waals surface area (Å²) in [5, 5.41) is 3.90.